The Morgan fingerprint density at radius 2 is 2.17 bits per heavy atom. The number of hydrogen-bond donors (Lipinski definition) is 1. The number of nitrogens with zero attached hydrogens (tertiary/aromatic N) is 2. The summed E-state index contributed by atoms with van der Waals surface area (Å²) in [4.78, 5) is 16.0. The maximum Gasteiger partial charge on any atom is 0.360 e. The lowest BCUT2D eigenvalue weighted by Gasteiger charge is -2.01. The number of nitrogens with one attached hydrogen (secondary N) is 1. The quantitative estimate of drug-likeness (QED) is 0.689. The van der Waals surface area contributed by atoms with Gasteiger partial charge in [-0.05, 0) is 31.2 Å². The van der Waals surface area contributed by atoms with Crippen LogP contribution in [-0.4, -0.2) is 22.7 Å². The van der Waals surface area contributed by atoms with E-state index in [2.05, 4.69) is 15.5 Å². The molecule has 0 unspecified atom stereocenters. The van der Waals surface area contributed by atoms with Crippen LogP contribution in [0.25, 0.3) is 11.5 Å². The molecule has 0 spiro atoms. The molecule has 0 bridgehead atoms. The van der Waals surface area contributed by atoms with Crippen molar-refractivity contribution in [3.05, 3.63) is 46.4 Å². The van der Waals surface area contributed by atoms with Crippen molar-refractivity contribution in [1.82, 2.24) is 10.1 Å². The van der Waals surface area contributed by atoms with Gasteiger partial charge in [0.2, 0.25) is 0 Å². The fraction of sp³-hybridized carbons (Fsp3) is 0.133. The van der Waals surface area contributed by atoms with Gasteiger partial charge in [-0.15, -0.1) is 11.3 Å². The molecule has 23 heavy (non-hydrogen) atoms. The van der Waals surface area contributed by atoms with Crippen molar-refractivity contribution < 1.29 is 14.1 Å². The second kappa shape index (κ2) is 6.80. The molecule has 2 heterocycles. The van der Waals surface area contributed by atoms with E-state index < -0.39 is 5.97 Å². The third kappa shape index (κ3) is 3.69. The van der Waals surface area contributed by atoms with Gasteiger partial charge >= 0.3 is 5.97 Å². The Kier molecular flexibility index (Phi) is 4.59. The number of benzene rings is 1. The fourth-order valence-electron chi connectivity index (χ4n) is 1.80. The Morgan fingerprint density at radius 3 is 2.91 bits per heavy atom. The molecule has 0 amide bonds. The van der Waals surface area contributed by atoms with Crippen molar-refractivity contribution in [2.24, 2.45) is 0 Å². The van der Waals surface area contributed by atoms with E-state index in [-0.39, 0.29) is 12.3 Å². The lowest BCUT2D eigenvalue weighted by molar-refractivity contribution is 0.0514. The van der Waals surface area contributed by atoms with Crippen LogP contribution >= 0.6 is 22.9 Å². The number of hydrogen-bond acceptors (Lipinski definition) is 7. The molecule has 3 rings (SSSR count). The van der Waals surface area contributed by atoms with E-state index in [1.165, 1.54) is 17.4 Å². The zero-order valence-corrected chi connectivity index (χ0v) is 13.6. The Bertz CT molecular complexity index is 813. The molecule has 0 radical (unpaired) electrons. The first-order chi connectivity index (χ1) is 11.2. The van der Waals surface area contributed by atoms with Crippen LogP contribution in [0, 0.1) is 0 Å². The van der Waals surface area contributed by atoms with E-state index in [0.29, 0.717) is 21.6 Å². The average Bonchev–Trinajstić information content (AvgIpc) is 3.19. The molecule has 0 saturated heterocycles. The molecule has 0 aliphatic heterocycles. The van der Waals surface area contributed by atoms with E-state index >= 15 is 0 Å². The minimum absolute atomic E-state index is 0.127. The van der Waals surface area contributed by atoms with Gasteiger partial charge in [-0.3, -0.25) is 0 Å². The summed E-state index contributed by atoms with van der Waals surface area (Å²) in [6.07, 6.45) is 0. The average molecular weight is 350 g/mol. The third-order valence-electron chi connectivity index (χ3n) is 2.85. The van der Waals surface area contributed by atoms with Gasteiger partial charge in [0, 0.05) is 22.2 Å². The number of anilines is 2. The first-order valence-electron chi connectivity index (χ1n) is 6.78. The van der Waals surface area contributed by atoms with Crippen LogP contribution in [0.3, 0.4) is 0 Å². The number of aromatic nitrogens is 2. The molecule has 8 heteroatoms. The third-order valence-corrected chi connectivity index (χ3v) is 3.86. The molecule has 6 nitrogen and oxygen atoms in total. The summed E-state index contributed by atoms with van der Waals surface area (Å²) in [7, 11) is 0. The molecule has 0 aliphatic rings. The number of rotatable bonds is 5. The monoisotopic (exact) mass is 349 g/mol. The molecule has 0 aliphatic carbocycles. The predicted molar refractivity (Wildman–Crippen MR) is 88.3 cm³/mol. The molecule has 1 N–H and O–H groups in total. The zero-order valence-electron chi connectivity index (χ0n) is 12.1. The Labute approximate surface area is 141 Å². The van der Waals surface area contributed by atoms with Gasteiger partial charge in [0.05, 0.1) is 6.61 Å². The van der Waals surface area contributed by atoms with Crippen LogP contribution in [0.2, 0.25) is 5.02 Å². The van der Waals surface area contributed by atoms with Crippen molar-refractivity contribution >= 4 is 39.7 Å². The summed E-state index contributed by atoms with van der Waals surface area (Å²) in [6, 6.07) is 8.81. The van der Waals surface area contributed by atoms with Crippen molar-refractivity contribution in [1.29, 1.82) is 0 Å². The maximum atomic E-state index is 11.6. The van der Waals surface area contributed by atoms with Gasteiger partial charge in [-0.1, -0.05) is 16.8 Å². The number of carbonyl (C=O) groups excluding carboxylic acids is 1. The number of halogens is 1. The van der Waals surface area contributed by atoms with Crippen LogP contribution in [0.5, 0.6) is 0 Å². The summed E-state index contributed by atoms with van der Waals surface area (Å²) in [5, 5.41) is 10.0. The maximum absolute atomic E-state index is 11.6. The van der Waals surface area contributed by atoms with Gasteiger partial charge in [0.25, 0.3) is 0 Å². The molecular weight excluding hydrogens is 338 g/mol. The Morgan fingerprint density at radius 1 is 1.39 bits per heavy atom. The largest absolute Gasteiger partial charge is 0.461 e. The van der Waals surface area contributed by atoms with Crippen molar-refractivity contribution in [2.75, 3.05) is 11.9 Å². The van der Waals surface area contributed by atoms with E-state index in [9.17, 15) is 4.79 Å². The first kappa shape index (κ1) is 15.5. The first-order valence-corrected chi connectivity index (χ1v) is 8.04. The zero-order chi connectivity index (χ0) is 16.2. The molecular formula is C15H12ClN3O3S. The highest BCUT2D eigenvalue weighted by Crippen LogP contribution is 2.28. The Hall–Kier alpha value is -2.38. The predicted octanol–water partition coefficient (Wildman–Crippen LogP) is 4.37. The minimum Gasteiger partial charge on any atom is -0.461 e. The molecule has 1 aromatic carbocycles. The number of carbonyl (C=O) groups is 1. The minimum atomic E-state index is -0.516. The standard InChI is InChI=1S/C15H12ClN3O3S/c1-2-21-14(20)11-7-13(22-19-11)12-8-23-15(18-12)17-10-5-3-9(16)4-6-10/h3-8H,2H2,1H3,(H,17,18). The highest BCUT2D eigenvalue weighted by Gasteiger charge is 2.16. The molecule has 118 valence electrons. The van der Waals surface area contributed by atoms with Gasteiger partial charge in [-0.2, -0.15) is 0 Å². The van der Waals surface area contributed by atoms with E-state index in [1.54, 1.807) is 19.1 Å². The van der Waals surface area contributed by atoms with Crippen LogP contribution in [0.1, 0.15) is 17.4 Å². The van der Waals surface area contributed by atoms with Crippen LogP contribution in [-0.2, 0) is 4.74 Å². The van der Waals surface area contributed by atoms with E-state index in [4.69, 9.17) is 20.9 Å². The second-order valence-corrected chi connectivity index (χ2v) is 5.76. The smallest absolute Gasteiger partial charge is 0.360 e. The fourth-order valence-corrected chi connectivity index (χ4v) is 2.64. The number of thiazole rings is 1. The van der Waals surface area contributed by atoms with Crippen LogP contribution < -0.4 is 5.32 Å². The van der Waals surface area contributed by atoms with Gasteiger partial charge in [0.15, 0.2) is 16.6 Å². The van der Waals surface area contributed by atoms with E-state index in [1.807, 2.05) is 17.5 Å². The molecule has 3 aromatic rings. The topological polar surface area (TPSA) is 77.2 Å². The number of ether oxygens (including phenoxy) is 1. The van der Waals surface area contributed by atoms with Crippen LogP contribution in [0.15, 0.2) is 40.2 Å². The molecule has 0 fully saturated rings. The van der Waals surface area contributed by atoms with Crippen molar-refractivity contribution in [3.8, 4) is 11.5 Å². The summed E-state index contributed by atoms with van der Waals surface area (Å²) >= 11 is 7.26. The summed E-state index contributed by atoms with van der Waals surface area (Å²) in [6.45, 7) is 2.01. The summed E-state index contributed by atoms with van der Waals surface area (Å²) < 4.78 is 10.0. The summed E-state index contributed by atoms with van der Waals surface area (Å²) in [5.74, 6) is -0.106. The number of esters is 1. The van der Waals surface area contributed by atoms with Crippen molar-refractivity contribution in [3.63, 3.8) is 0 Å². The van der Waals surface area contributed by atoms with Gasteiger partial charge < -0.3 is 14.6 Å². The highest BCUT2D eigenvalue weighted by atomic mass is 35.5. The molecule has 0 atom stereocenters. The van der Waals surface area contributed by atoms with Crippen LogP contribution in [0.4, 0.5) is 10.8 Å². The van der Waals surface area contributed by atoms with E-state index in [0.717, 1.165) is 5.69 Å². The lowest BCUT2D eigenvalue weighted by atomic mass is 10.3. The normalized spacial score (nSPS) is 10.5. The SMILES string of the molecule is CCOC(=O)c1cc(-c2csc(Nc3ccc(Cl)cc3)n2)on1. The van der Waals surface area contributed by atoms with Gasteiger partial charge in [-0.25, -0.2) is 9.78 Å². The highest BCUT2D eigenvalue weighted by molar-refractivity contribution is 7.14. The summed E-state index contributed by atoms with van der Waals surface area (Å²) in [5.41, 5.74) is 1.59. The molecule has 2 aromatic heterocycles. The Balaban J connectivity index is 1.74. The van der Waals surface area contributed by atoms with Gasteiger partial charge in [0.1, 0.15) is 5.69 Å². The van der Waals surface area contributed by atoms with Crippen molar-refractivity contribution in [2.45, 2.75) is 6.92 Å². The second-order valence-electron chi connectivity index (χ2n) is 4.47. The molecule has 0 saturated carbocycles. The lowest BCUT2D eigenvalue weighted by Crippen LogP contribution is -2.04.